The SMILES string of the molecule is COCc1ccccc1CNC(=O)c1sc(-c2ccccc2)cc1OCC(=O)N1CCCCC1. The van der Waals surface area contributed by atoms with Gasteiger partial charge in [0.2, 0.25) is 0 Å². The number of carbonyl (C=O) groups excluding carboxylic acids is 2. The van der Waals surface area contributed by atoms with Crippen molar-refractivity contribution in [2.75, 3.05) is 26.8 Å². The van der Waals surface area contributed by atoms with Crippen molar-refractivity contribution in [3.05, 3.63) is 76.7 Å². The second kappa shape index (κ2) is 11.8. The van der Waals surface area contributed by atoms with Crippen molar-refractivity contribution in [3.63, 3.8) is 0 Å². The Hall–Kier alpha value is -3.16. The van der Waals surface area contributed by atoms with E-state index in [-0.39, 0.29) is 18.4 Å². The lowest BCUT2D eigenvalue weighted by Crippen LogP contribution is -2.38. The van der Waals surface area contributed by atoms with Crippen molar-refractivity contribution in [2.24, 2.45) is 0 Å². The van der Waals surface area contributed by atoms with Crippen LogP contribution in [0.1, 0.15) is 40.1 Å². The van der Waals surface area contributed by atoms with Crippen molar-refractivity contribution in [1.82, 2.24) is 10.2 Å². The Morgan fingerprint density at radius 1 is 0.971 bits per heavy atom. The fraction of sp³-hybridized carbons (Fsp3) is 0.333. The Bertz CT molecular complexity index is 1110. The van der Waals surface area contributed by atoms with Gasteiger partial charge in [-0.25, -0.2) is 0 Å². The molecular weight excluding hydrogens is 448 g/mol. The van der Waals surface area contributed by atoms with Crippen LogP contribution < -0.4 is 10.1 Å². The molecule has 6 nitrogen and oxygen atoms in total. The smallest absolute Gasteiger partial charge is 0.265 e. The first-order chi connectivity index (χ1) is 16.7. The summed E-state index contributed by atoms with van der Waals surface area (Å²) < 4.78 is 11.2. The van der Waals surface area contributed by atoms with Gasteiger partial charge in [-0.15, -0.1) is 11.3 Å². The van der Waals surface area contributed by atoms with Gasteiger partial charge in [0.15, 0.2) is 6.61 Å². The zero-order valence-electron chi connectivity index (χ0n) is 19.4. The first-order valence-electron chi connectivity index (χ1n) is 11.6. The third-order valence-electron chi connectivity index (χ3n) is 5.88. The maximum atomic E-state index is 13.2. The van der Waals surface area contributed by atoms with E-state index in [4.69, 9.17) is 9.47 Å². The van der Waals surface area contributed by atoms with Gasteiger partial charge in [-0.2, -0.15) is 0 Å². The van der Waals surface area contributed by atoms with Crippen LogP contribution in [0.15, 0.2) is 60.7 Å². The molecule has 1 fully saturated rings. The molecule has 2 amide bonds. The average Bonchev–Trinajstić information content (AvgIpc) is 3.32. The number of piperidine rings is 1. The van der Waals surface area contributed by atoms with E-state index in [1.807, 2.05) is 65.6 Å². The highest BCUT2D eigenvalue weighted by Gasteiger charge is 2.22. The monoisotopic (exact) mass is 478 g/mol. The predicted molar refractivity (Wildman–Crippen MR) is 134 cm³/mol. The number of hydrogen-bond acceptors (Lipinski definition) is 5. The van der Waals surface area contributed by atoms with Gasteiger partial charge in [0.25, 0.3) is 11.8 Å². The molecule has 178 valence electrons. The predicted octanol–water partition coefficient (Wildman–Crippen LogP) is 4.88. The third-order valence-corrected chi connectivity index (χ3v) is 7.04. The first kappa shape index (κ1) is 24.0. The van der Waals surface area contributed by atoms with Crippen LogP contribution in [0.5, 0.6) is 5.75 Å². The molecule has 1 aliphatic rings. The summed E-state index contributed by atoms with van der Waals surface area (Å²) in [6, 6.07) is 19.6. The van der Waals surface area contributed by atoms with Crippen LogP contribution in [0.4, 0.5) is 0 Å². The molecular formula is C27H30N2O4S. The molecule has 2 aromatic carbocycles. The van der Waals surface area contributed by atoms with Gasteiger partial charge in [0.1, 0.15) is 10.6 Å². The number of rotatable bonds is 9. The quantitative estimate of drug-likeness (QED) is 0.476. The third kappa shape index (κ3) is 6.04. The van der Waals surface area contributed by atoms with Gasteiger partial charge in [-0.05, 0) is 42.0 Å². The molecule has 0 bridgehead atoms. The number of amides is 2. The summed E-state index contributed by atoms with van der Waals surface area (Å²) in [6.07, 6.45) is 3.22. The van der Waals surface area contributed by atoms with E-state index in [1.54, 1.807) is 7.11 Å². The average molecular weight is 479 g/mol. The largest absolute Gasteiger partial charge is 0.482 e. The summed E-state index contributed by atoms with van der Waals surface area (Å²) in [5, 5.41) is 3.01. The van der Waals surface area contributed by atoms with E-state index in [1.165, 1.54) is 11.3 Å². The summed E-state index contributed by atoms with van der Waals surface area (Å²) in [4.78, 5) is 29.1. The van der Waals surface area contributed by atoms with Gasteiger partial charge in [-0.1, -0.05) is 54.6 Å². The molecule has 1 N–H and O–H groups in total. The summed E-state index contributed by atoms with van der Waals surface area (Å²) in [6.45, 7) is 2.34. The van der Waals surface area contributed by atoms with Crippen molar-refractivity contribution in [1.29, 1.82) is 0 Å². The normalized spacial score (nSPS) is 13.5. The van der Waals surface area contributed by atoms with E-state index in [9.17, 15) is 9.59 Å². The maximum Gasteiger partial charge on any atom is 0.265 e. The van der Waals surface area contributed by atoms with Gasteiger partial charge in [0, 0.05) is 31.6 Å². The fourth-order valence-electron chi connectivity index (χ4n) is 4.04. The minimum absolute atomic E-state index is 0.0352. The number of carbonyl (C=O) groups is 2. The topological polar surface area (TPSA) is 67.9 Å². The van der Waals surface area contributed by atoms with Gasteiger partial charge < -0.3 is 19.7 Å². The van der Waals surface area contributed by atoms with Gasteiger partial charge in [0.05, 0.1) is 6.61 Å². The second-order valence-electron chi connectivity index (χ2n) is 8.28. The number of likely N-dealkylation sites (tertiary alicyclic amines) is 1. The minimum atomic E-state index is -0.222. The maximum absolute atomic E-state index is 13.2. The molecule has 0 atom stereocenters. The fourth-order valence-corrected chi connectivity index (χ4v) is 5.06. The Morgan fingerprint density at radius 3 is 2.41 bits per heavy atom. The lowest BCUT2D eigenvalue weighted by molar-refractivity contribution is -0.134. The van der Waals surface area contributed by atoms with E-state index < -0.39 is 0 Å². The highest BCUT2D eigenvalue weighted by atomic mass is 32.1. The van der Waals surface area contributed by atoms with Crippen molar-refractivity contribution in [3.8, 4) is 16.2 Å². The standard InChI is InChI=1S/C27H30N2O4S/c1-32-18-22-13-7-6-12-21(22)17-28-27(31)26-23(16-24(34-26)20-10-4-2-5-11-20)33-19-25(30)29-14-8-3-9-15-29/h2,4-7,10-13,16H,3,8-9,14-15,17-19H2,1H3,(H,28,31). The van der Waals surface area contributed by atoms with Crippen molar-refractivity contribution < 1.29 is 19.1 Å². The van der Waals surface area contributed by atoms with Crippen LogP contribution in [-0.4, -0.2) is 43.5 Å². The van der Waals surface area contributed by atoms with Crippen LogP contribution in [0.2, 0.25) is 0 Å². The molecule has 2 heterocycles. The van der Waals surface area contributed by atoms with Crippen LogP contribution in [0, 0.1) is 0 Å². The second-order valence-corrected chi connectivity index (χ2v) is 9.34. The van der Waals surface area contributed by atoms with Crippen molar-refractivity contribution in [2.45, 2.75) is 32.4 Å². The summed E-state index contributed by atoms with van der Waals surface area (Å²) >= 11 is 1.37. The van der Waals surface area contributed by atoms with Crippen LogP contribution in [-0.2, 0) is 22.7 Å². The molecule has 1 saturated heterocycles. The zero-order valence-corrected chi connectivity index (χ0v) is 20.2. The van der Waals surface area contributed by atoms with E-state index in [2.05, 4.69) is 5.32 Å². The minimum Gasteiger partial charge on any atom is -0.482 e. The molecule has 3 aromatic rings. The van der Waals surface area contributed by atoms with E-state index in [0.717, 1.165) is 53.9 Å². The Labute approximate surface area is 204 Å². The molecule has 1 aromatic heterocycles. The number of hydrogen-bond donors (Lipinski definition) is 1. The summed E-state index contributed by atoms with van der Waals surface area (Å²) in [7, 11) is 1.65. The van der Waals surface area contributed by atoms with Crippen LogP contribution >= 0.6 is 11.3 Å². The number of benzene rings is 2. The highest BCUT2D eigenvalue weighted by Crippen LogP contribution is 2.36. The molecule has 0 saturated carbocycles. The number of nitrogens with zero attached hydrogens (tertiary/aromatic N) is 1. The number of thiophene rings is 1. The highest BCUT2D eigenvalue weighted by molar-refractivity contribution is 7.17. The Morgan fingerprint density at radius 2 is 1.68 bits per heavy atom. The number of nitrogens with one attached hydrogen (secondary N) is 1. The zero-order chi connectivity index (χ0) is 23.8. The molecule has 4 rings (SSSR count). The molecule has 0 aliphatic carbocycles. The Kier molecular flexibility index (Phi) is 8.33. The summed E-state index contributed by atoms with van der Waals surface area (Å²) in [5.74, 6) is 0.184. The van der Waals surface area contributed by atoms with Crippen LogP contribution in [0.25, 0.3) is 10.4 Å². The number of ether oxygens (including phenoxy) is 2. The first-order valence-corrected chi connectivity index (χ1v) is 12.4. The molecule has 0 unspecified atom stereocenters. The molecule has 0 radical (unpaired) electrons. The molecule has 34 heavy (non-hydrogen) atoms. The lowest BCUT2D eigenvalue weighted by Gasteiger charge is -2.26. The lowest BCUT2D eigenvalue weighted by atomic mass is 10.1. The molecule has 1 aliphatic heterocycles. The number of methoxy groups -OCH3 is 1. The van der Waals surface area contributed by atoms with E-state index >= 15 is 0 Å². The Balaban J connectivity index is 1.50. The molecule has 7 heteroatoms. The van der Waals surface area contributed by atoms with Crippen LogP contribution in [0.3, 0.4) is 0 Å². The van der Waals surface area contributed by atoms with E-state index in [0.29, 0.717) is 23.8 Å². The van der Waals surface area contributed by atoms with Crippen molar-refractivity contribution >= 4 is 23.2 Å². The van der Waals surface area contributed by atoms with Gasteiger partial charge >= 0.3 is 0 Å². The van der Waals surface area contributed by atoms with Gasteiger partial charge in [-0.3, -0.25) is 9.59 Å². The molecule has 0 spiro atoms. The summed E-state index contributed by atoms with van der Waals surface area (Å²) in [5.41, 5.74) is 3.04.